The van der Waals surface area contributed by atoms with E-state index < -0.39 is 0 Å². The zero-order valence-electron chi connectivity index (χ0n) is 17.8. The van der Waals surface area contributed by atoms with Crippen LogP contribution in [0.15, 0.2) is 21.4 Å². The molecule has 0 N–H and O–H groups in total. The Kier molecular flexibility index (Phi) is 5.61. The summed E-state index contributed by atoms with van der Waals surface area (Å²) in [5.41, 5.74) is 2.51. The molecule has 3 aromatic heterocycles. The molecule has 0 bridgehead atoms. The van der Waals surface area contributed by atoms with Crippen molar-refractivity contribution in [3.63, 3.8) is 0 Å². The number of hydrogen-bond donors (Lipinski definition) is 0. The van der Waals surface area contributed by atoms with Crippen molar-refractivity contribution in [3.8, 4) is 0 Å². The summed E-state index contributed by atoms with van der Waals surface area (Å²) in [4.78, 5) is 36.9. The molecule has 0 spiro atoms. The van der Waals surface area contributed by atoms with Gasteiger partial charge in [-0.15, -0.1) is 22.7 Å². The van der Waals surface area contributed by atoms with Crippen molar-refractivity contribution in [1.82, 2.24) is 14.5 Å². The van der Waals surface area contributed by atoms with Gasteiger partial charge in [-0.2, -0.15) is 0 Å². The van der Waals surface area contributed by atoms with Gasteiger partial charge >= 0.3 is 0 Å². The van der Waals surface area contributed by atoms with Gasteiger partial charge in [-0.25, -0.2) is 4.98 Å². The third-order valence-electron chi connectivity index (χ3n) is 6.69. The predicted octanol–water partition coefficient (Wildman–Crippen LogP) is 3.86. The third-order valence-corrected chi connectivity index (χ3v) is 9.85. The highest BCUT2D eigenvalue weighted by atomic mass is 32.2. The highest BCUT2D eigenvalue weighted by Gasteiger charge is 2.27. The number of nitrogens with zero attached hydrogens (tertiary/aromatic N) is 3. The lowest BCUT2D eigenvalue weighted by atomic mass is 10.1. The van der Waals surface area contributed by atoms with Crippen LogP contribution >= 0.6 is 34.4 Å². The first-order valence-electron chi connectivity index (χ1n) is 11.3. The van der Waals surface area contributed by atoms with Crippen LogP contribution in [0.2, 0.25) is 0 Å². The maximum Gasteiger partial charge on any atom is 0.263 e. The molecule has 1 amide bonds. The molecular weight excluding hydrogens is 462 g/mol. The zero-order valence-corrected chi connectivity index (χ0v) is 20.3. The van der Waals surface area contributed by atoms with Crippen molar-refractivity contribution in [2.45, 2.75) is 62.9 Å². The number of carbonyl (C=O) groups excluding carboxylic acids is 1. The molecule has 2 aliphatic heterocycles. The number of thiophene rings is 2. The Hall–Kier alpha value is -1.68. The highest BCUT2D eigenvalue weighted by molar-refractivity contribution is 7.99. The van der Waals surface area contributed by atoms with Crippen molar-refractivity contribution in [1.29, 1.82) is 0 Å². The van der Waals surface area contributed by atoms with E-state index >= 15 is 0 Å². The van der Waals surface area contributed by atoms with Crippen LogP contribution in [0.4, 0.5) is 0 Å². The van der Waals surface area contributed by atoms with E-state index in [-0.39, 0.29) is 17.6 Å². The van der Waals surface area contributed by atoms with E-state index in [1.807, 2.05) is 4.90 Å². The average molecular weight is 488 g/mol. The lowest BCUT2D eigenvalue weighted by Crippen LogP contribution is -2.36. The Morgan fingerprint density at radius 1 is 1.25 bits per heavy atom. The van der Waals surface area contributed by atoms with Gasteiger partial charge in [0.1, 0.15) is 4.83 Å². The Bertz CT molecular complexity index is 1240. The number of fused-ring (bicyclic) bond motifs is 4. The molecule has 32 heavy (non-hydrogen) atoms. The molecule has 1 atom stereocenters. The fourth-order valence-corrected chi connectivity index (χ4v) is 8.10. The maximum absolute atomic E-state index is 13.6. The van der Waals surface area contributed by atoms with Crippen LogP contribution < -0.4 is 5.56 Å². The standard InChI is InChI=1S/C23H25N3O3S3/c27-19(25-8-6-17-14(11-25)7-10-30-17)13-31-23-24-21-20(16-4-1-5-18(16)32-21)22(28)26(23)12-15-3-2-9-29-15/h7,10,15H,1-6,8-9,11-13H2/t15-/m1/s1. The van der Waals surface area contributed by atoms with E-state index in [0.29, 0.717) is 24.0 Å². The molecule has 3 aliphatic rings. The van der Waals surface area contributed by atoms with Crippen molar-refractivity contribution in [2.75, 3.05) is 18.9 Å². The van der Waals surface area contributed by atoms with Gasteiger partial charge in [0.05, 0.1) is 23.8 Å². The molecule has 3 aromatic rings. The van der Waals surface area contributed by atoms with Crippen molar-refractivity contribution < 1.29 is 9.53 Å². The van der Waals surface area contributed by atoms with Gasteiger partial charge in [0.25, 0.3) is 5.56 Å². The minimum atomic E-state index is 0.0423. The largest absolute Gasteiger partial charge is 0.376 e. The van der Waals surface area contributed by atoms with Crippen LogP contribution in [0.1, 0.15) is 40.1 Å². The number of ether oxygens (including phenoxy) is 1. The Balaban J connectivity index is 1.28. The first-order valence-corrected chi connectivity index (χ1v) is 14.0. The Labute approximate surface area is 198 Å². The fourth-order valence-electron chi connectivity index (χ4n) is 5.00. The van der Waals surface area contributed by atoms with Crippen molar-refractivity contribution in [3.05, 3.63) is 42.7 Å². The molecule has 9 heteroatoms. The molecule has 0 saturated carbocycles. The summed E-state index contributed by atoms with van der Waals surface area (Å²) in [6, 6.07) is 2.12. The normalized spacial score (nSPS) is 20.1. The van der Waals surface area contributed by atoms with E-state index in [2.05, 4.69) is 11.4 Å². The quantitative estimate of drug-likeness (QED) is 0.404. The summed E-state index contributed by atoms with van der Waals surface area (Å²) in [6.07, 6.45) is 6.11. The van der Waals surface area contributed by atoms with Gasteiger partial charge < -0.3 is 9.64 Å². The molecule has 6 rings (SSSR count). The van der Waals surface area contributed by atoms with Gasteiger partial charge in [0.15, 0.2) is 5.16 Å². The molecule has 0 aromatic carbocycles. The second-order valence-electron chi connectivity index (χ2n) is 8.71. The molecule has 0 radical (unpaired) electrons. The summed E-state index contributed by atoms with van der Waals surface area (Å²) >= 11 is 4.83. The summed E-state index contributed by atoms with van der Waals surface area (Å²) in [5.74, 6) is 0.409. The van der Waals surface area contributed by atoms with Gasteiger partial charge in [-0.05, 0) is 61.1 Å². The Morgan fingerprint density at radius 2 is 2.19 bits per heavy atom. The first kappa shape index (κ1) is 20.9. The number of thioether (sulfide) groups is 1. The second-order valence-corrected chi connectivity index (χ2v) is 11.7. The van der Waals surface area contributed by atoms with Crippen LogP contribution in [0, 0.1) is 0 Å². The monoisotopic (exact) mass is 487 g/mol. The average Bonchev–Trinajstić information content (AvgIpc) is 3.58. The van der Waals surface area contributed by atoms with Crippen LogP contribution in [0.25, 0.3) is 10.2 Å². The maximum atomic E-state index is 13.6. The molecule has 1 fully saturated rings. The van der Waals surface area contributed by atoms with E-state index in [9.17, 15) is 9.59 Å². The molecule has 0 unspecified atom stereocenters. The molecule has 168 valence electrons. The van der Waals surface area contributed by atoms with Crippen LogP contribution in [-0.4, -0.2) is 45.4 Å². The van der Waals surface area contributed by atoms with Gasteiger partial charge in [-0.1, -0.05) is 11.8 Å². The SMILES string of the molecule is O=C(CSc1nc2sc3c(c2c(=O)n1C[C@H]1CCCO1)CCC3)N1CCc2sccc2C1. The number of carbonyl (C=O) groups is 1. The first-order chi connectivity index (χ1) is 15.7. The topological polar surface area (TPSA) is 64.4 Å². The van der Waals surface area contributed by atoms with E-state index in [1.165, 1.54) is 32.6 Å². The number of aromatic nitrogens is 2. The number of aryl methyl sites for hydroxylation is 2. The van der Waals surface area contributed by atoms with E-state index in [0.717, 1.165) is 61.9 Å². The number of hydrogen-bond acceptors (Lipinski definition) is 7. The summed E-state index contributed by atoms with van der Waals surface area (Å²) in [5, 5.41) is 3.56. The zero-order chi connectivity index (χ0) is 21.7. The lowest BCUT2D eigenvalue weighted by Gasteiger charge is -2.27. The third kappa shape index (κ3) is 3.73. The fraction of sp³-hybridized carbons (Fsp3) is 0.522. The lowest BCUT2D eigenvalue weighted by molar-refractivity contribution is -0.129. The second kappa shape index (κ2) is 8.59. The van der Waals surface area contributed by atoms with Crippen molar-refractivity contribution >= 4 is 50.6 Å². The minimum Gasteiger partial charge on any atom is -0.376 e. The van der Waals surface area contributed by atoms with E-state index in [4.69, 9.17) is 9.72 Å². The van der Waals surface area contributed by atoms with Crippen LogP contribution in [0.5, 0.6) is 0 Å². The summed E-state index contributed by atoms with van der Waals surface area (Å²) < 4.78 is 7.62. The Morgan fingerprint density at radius 3 is 3.06 bits per heavy atom. The molecule has 6 nitrogen and oxygen atoms in total. The van der Waals surface area contributed by atoms with Crippen LogP contribution in [-0.2, 0) is 41.9 Å². The smallest absolute Gasteiger partial charge is 0.263 e. The van der Waals surface area contributed by atoms with Crippen LogP contribution in [0.3, 0.4) is 0 Å². The molecule has 1 saturated heterocycles. The molecule has 1 aliphatic carbocycles. The molecule has 5 heterocycles. The number of amides is 1. The predicted molar refractivity (Wildman–Crippen MR) is 129 cm³/mol. The molecular formula is C23H25N3O3S3. The van der Waals surface area contributed by atoms with E-state index in [1.54, 1.807) is 27.2 Å². The van der Waals surface area contributed by atoms with Gasteiger partial charge in [-0.3, -0.25) is 14.2 Å². The summed E-state index contributed by atoms with van der Waals surface area (Å²) in [7, 11) is 0. The van der Waals surface area contributed by atoms with Crippen molar-refractivity contribution in [2.24, 2.45) is 0 Å². The number of rotatable bonds is 5. The van der Waals surface area contributed by atoms with Gasteiger partial charge in [0, 0.05) is 29.5 Å². The minimum absolute atomic E-state index is 0.0423. The highest BCUT2D eigenvalue weighted by Crippen LogP contribution is 2.36. The van der Waals surface area contributed by atoms with Gasteiger partial charge in [0.2, 0.25) is 5.91 Å². The summed E-state index contributed by atoms with van der Waals surface area (Å²) in [6.45, 7) is 2.72.